The lowest BCUT2D eigenvalue weighted by atomic mass is 9.92. The molecule has 0 aromatic heterocycles. The van der Waals surface area contributed by atoms with Crippen molar-refractivity contribution in [3.63, 3.8) is 0 Å². The molecule has 96 valence electrons. The van der Waals surface area contributed by atoms with Crippen LogP contribution in [-0.2, 0) is 0 Å². The van der Waals surface area contributed by atoms with Crippen LogP contribution in [0.25, 0.3) is 0 Å². The van der Waals surface area contributed by atoms with Gasteiger partial charge in [-0.15, -0.1) is 0 Å². The number of hydrogen-bond acceptors (Lipinski definition) is 1. The number of hydrogen-bond donors (Lipinski definition) is 0. The van der Waals surface area contributed by atoms with Crippen molar-refractivity contribution in [3.8, 4) is 5.75 Å². The fourth-order valence-corrected chi connectivity index (χ4v) is 2.26. The van der Waals surface area contributed by atoms with E-state index in [0.29, 0.717) is 18.6 Å². The van der Waals surface area contributed by atoms with Crippen LogP contribution < -0.4 is 4.74 Å². The molecule has 2 rings (SSSR count). The Hall–Kier alpha value is -1.16. The van der Waals surface area contributed by atoms with Crippen molar-refractivity contribution in [2.24, 2.45) is 0 Å². The third kappa shape index (κ3) is 2.64. The molecule has 0 bridgehead atoms. The highest BCUT2D eigenvalue weighted by Crippen LogP contribution is 2.33. The van der Waals surface area contributed by atoms with Crippen molar-refractivity contribution in [1.29, 1.82) is 0 Å². The van der Waals surface area contributed by atoms with E-state index in [1.54, 1.807) is 13.0 Å². The van der Waals surface area contributed by atoms with Gasteiger partial charge >= 0.3 is 0 Å². The van der Waals surface area contributed by atoms with Gasteiger partial charge in [0.15, 0.2) is 11.6 Å². The molecule has 0 N–H and O–H groups in total. The van der Waals surface area contributed by atoms with E-state index in [-0.39, 0.29) is 11.7 Å². The average molecular weight is 315 g/mol. The summed E-state index contributed by atoms with van der Waals surface area (Å²) in [5.41, 5.74) is 0.364. The molecule has 1 aliphatic rings. The predicted octanol–water partition coefficient (Wildman–Crippen LogP) is 4.69. The Balaban J connectivity index is 2.30. The molecular weight excluding hydrogens is 302 g/mol. The summed E-state index contributed by atoms with van der Waals surface area (Å²) >= 11 is 3.34. The van der Waals surface area contributed by atoms with E-state index in [1.807, 2.05) is 18.2 Å². The second-order valence-electron chi connectivity index (χ2n) is 4.00. The van der Waals surface area contributed by atoms with Gasteiger partial charge in [0.1, 0.15) is 0 Å². The molecule has 0 amide bonds. The molecule has 1 unspecified atom stereocenters. The molecule has 1 nitrogen and oxygen atoms in total. The Bertz CT molecular complexity index is 509. The zero-order chi connectivity index (χ0) is 13.1. The molecule has 1 atom stereocenters. The number of ether oxygens (including phenoxy) is 1. The normalized spacial score (nSPS) is 18.7. The topological polar surface area (TPSA) is 9.23 Å². The molecule has 18 heavy (non-hydrogen) atoms. The summed E-state index contributed by atoms with van der Waals surface area (Å²) < 4.78 is 33.7. The van der Waals surface area contributed by atoms with Crippen molar-refractivity contribution in [1.82, 2.24) is 0 Å². The number of rotatable bonds is 3. The molecular formula is C14H13BrF2O. The van der Waals surface area contributed by atoms with Crippen LogP contribution in [0.5, 0.6) is 5.75 Å². The van der Waals surface area contributed by atoms with Crippen LogP contribution in [-0.4, -0.2) is 6.61 Å². The van der Waals surface area contributed by atoms with Crippen molar-refractivity contribution >= 4 is 15.9 Å². The lowest BCUT2D eigenvalue weighted by molar-refractivity contribution is 0.313. The highest BCUT2D eigenvalue weighted by Gasteiger charge is 2.20. The van der Waals surface area contributed by atoms with E-state index >= 15 is 0 Å². The summed E-state index contributed by atoms with van der Waals surface area (Å²) in [5, 5.41) is 0. The summed E-state index contributed by atoms with van der Waals surface area (Å²) in [6, 6.07) is 3.07. The van der Waals surface area contributed by atoms with Gasteiger partial charge in [-0.05, 0) is 25.0 Å². The Kier molecular flexibility index (Phi) is 4.17. The molecule has 0 saturated carbocycles. The average Bonchev–Trinajstić information content (AvgIpc) is 2.37. The maximum absolute atomic E-state index is 13.9. The summed E-state index contributed by atoms with van der Waals surface area (Å²) in [5.74, 6) is -1.88. The van der Waals surface area contributed by atoms with Crippen molar-refractivity contribution in [3.05, 3.63) is 52.0 Å². The highest BCUT2D eigenvalue weighted by molar-refractivity contribution is 9.11. The van der Waals surface area contributed by atoms with E-state index in [2.05, 4.69) is 15.9 Å². The van der Waals surface area contributed by atoms with Crippen LogP contribution in [0.1, 0.15) is 24.8 Å². The smallest absolute Gasteiger partial charge is 0.200 e. The first-order valence-electron chi connectivity index (χ1n) is 5.78. The zero-order valence-electron chi connectivity index (χ0n) is 9.92. The monoisotopic (exact) mass is 314 g/mol. The Labute approximate surface area is 113 Å². The Morgan fingerprint density at radius 3 is 2.72 bits per heavy atom. The van der Waals surface area contributed by atoms with Gasteiger partial charge in [0.2, 0.25) is 5.82 Å². The Morgan fingerprint density at radius 1 is 1.33 bits per heavy atom. The minimum Gasteiger partial charge on any atom is -0.491 e. The van der Waals surface area contributed by atoms with Crippen LogP contribution in [0.15, 0.2) is 34.8 Å². The minimum atomic E-state index is -0.906. The predicted molar refractivity (Wildman–Crippen MR) is 71.0 cm³/mol. The number of allylic oxidation sites excluding steroid dienone is 4. The minimum absolute atomic E-state index is 0.0322. The maximum atomic E-state index is 13.9. The zero-order valence-corrected chi connectivity index (χ0v) is 11.5. The van der Waals surface area contributed by atoms with E-state index in [9.17, 15) is 8.78 Å². The Morgan fingerprint density at radius 2 is 2.11 bits per heavy atom. The molecule has 0 spiro atoms. The van der Waals surface area contributed by atoms with Crippen LogP contribution in [0, 0.1) is 11.6 Å². The summed E-state index contributed by atoms with van der Waals surface area (Å²) in [6.07, 6.45) is 6.31. The standard InChI is InChI=1S/C14H13BrF2O/c1-2-18-12-8-7-11(13(16)14(12)17)9-3-5-10(15)6-4-9/h3,5-9H,2,4H2,1H3. The molecule has 0 heterocycles. The van der Waals surface area contributed by atoms with Gasteiger partial charge in [-0.25, -0.2) is 4.39 Å². The van der Waals surface area contributed by atoms with Gasteiger partial charge < -0.3 is 4.74 Å². The maximum Gasteiger partial charge on any atom is 0.200 e. The summed E-state index contributed by atoms with van der Waals surface area (Å²) in [7, 11) is 0. The van der Waals surface area contributed by atoms with Crippen molar-refractivity contribution < 1.29 is 13.5 Å². The fraction of sp³-hybridized carbons (Fsp3) is 0.286. The van der Waals surface area contributed by atoms with E-state index in [1.165, 1.54) is 6.07 Å². The third-order valence-electron chi connectivity index (χ3n) is 2.83. The second-order valence-corrected chi connectivity index (χ2v) is 4.92. The van der Waals surface area contributed by atoms with Gasteiger partial charge in [-0.3, -0.25) is 0 Å². The highest BCUT2D eigenvalue weighted by atomic mass is 79.9. The third-order valence-corrected chi connectivity index (χ3v) is 3.42. The van der Waals surface area contributed by atoms with Crippen molar-refractivity contribution in [2.45, 2.75) is 19.3 Å². The fourth-order valence-electron chi connectivity index (χ4n) is 1.92. The lowest BCUT2D eigenvalue weighted by Gasteiger charge is -2.17. The SMILES string of the molecule is CCOc1ccc(C2C=CC(Br)=CC2)c(F)c1F. The van der Waals surface area contributed by atoms with Crippen LogP contribution in [0.4, 0.5) is 8.78 Å². The molecule has 1 aliphatic carbocycles. The van der Waals surface area contributed by atoms with Crippen LogP contribution in [0.2, 0.25) is 0 Å². The number of halogens is 3. The first-order valence-corrected chi connectivity index (χ1v) is 6.57. The molecule has 4 heteroatoms. The first kappa shape index (κ1) is 13.3. The molecule has 0 saturated heterocycles. The molecule has 1 aromatic rings. The van der Waals surface area contributed by atoms with Gasteiger partial charge in [-0.1, -0.05) is 40.2 Å². The summed E-state index contributed by atoms with van der Waals surface area (Å²) in [6.45, 7) is 2.05. The van der Waals surface area contributed by atoms with Crippen LogP contribution in [0.3, 0.4) is 0 Å². The summed E-state index contributed by atoms with van der Waals surface area (Å²) in [4.78, 5) is 0. The van der Waals surface area contributed by atoms with Gasteiger partial charge in [-0.2, -0.15) is 4.39 Å². The largest absolute Gasteiger partial charge is 0.491 e. The van der Waals surface area contributed by atoms with Crippen LogP contribution >= 0.6 is 15.9 Å². The van der Waals surface area contributed by atoms with E-state index in [0.717, 1.165) is 4.48 Å². The molecule has 0 aliphatic heterocycles. The van der Waals surface area contributed by atoms with Gasteiger partial charge in [0, 0.05) is 10.4 Å². The first-order chi connectivity index (χ1) is 8.63. The quantitative estimate of drug-likeness (QED) is 0.786. The number of benzene rings is 1. The molecule has 0 fully saturated rings. The van der Waals surface area contributed by atoms with Gasteiger partial charge in [0.25, 0.3) is 0 Å². The van der Waals surface area contributed by atoms with E-state index in [4.69, 9.17) is 4.74 Å². The van der Waals surface area contributed by atoms with Gasteiger partial charge in [0.05, 0.1) is 6.61 Å². The molecule has 1 aromatic carbocycles. The molecule has 0 radical (unpaired) electrons. The van der Waals surface area contributed by atoms with Crippen molar-refractivity contribution in [2.75, 3.05) is 6.61 Å². The lowest BCUT2D eigenvalue weighted by Crippen LogP contribution is -2.05. The van der Waals surface area contributed by atoms with E-state index < -0.39 is 11.6 Å². The second kappa shape index (κ2) is 5.65.